The summed E-state index contributed by atoms with van der Waals surface area (Å²) in [5, 5.41) is 22.5. The van der Waals surface area contributed by atoms with Crippen LogP contribution in [0.15, 0.2) is 24.3 Å². The molecule has 1 spiro atoms. The first-order chi connectivity index (χ1) is 14.0. The van der Waals surface area contributed by atoms with E-state index < -0.39 is 12.2 Å². The van der Waals surface area contributed by atoms with Crippen molar-refractivity contribution in [3.05, 3.63) is 61.5 Å². The Bertz CT molecular complexity index is 939. The van der Waals surface area contributed by atoms with E-state index in [-0.39, 0.29) is 16.7 Å². The molecule has 2 aliphatic carbocycles. The lowest BCUT2D eigenvalue weighted by molar-refractivity contribution is 0.0236. The van der Waals surface area contributed by atoms with Crippen LogP contribution in [-0.2, 0) is 11.8 Å². The molecule has 2 aromatic rings. The number of nitrogens with zero attached hydrogens (tertiary/aromatic N) is 1. The van der Waals surface area contributed by atoms with Crippen molar-refractivity contribution in [2.75, 3.05) is 0 Å². The predicted molar refractivity (Wildman–Crippen MR) is 130 cm³/mol. The van der Waals surface area contributed by atoms with E-state index in [1.54, 1.807) is 0 Å². The molecule has 1 saturated carbocycles. The number of fused-ring (bicyclic) bond motifs is 1. The summed E-state index contributed by atoms with van der Waals surface area (Å²) in [6.45, 7) is 10.9. The maximum atomic E-state index is 11.4. The molecular weight excluding hydrogens is 485 g/mol. The lowest BCUT2D eigenvalue weighted by Gasteiger charge is -2.47. The number of hydrogen-bond acceptors (Lipinski definition) is 3. The molecule has 1 aromatic carbocycles. The van der Waals surface area contributed by atoms with Crippen molar-refractivity contribution in [3.8, 4) is 0 Å². The van der Waals surface area contributed by atoms with E-state index in [2.05, 4.69) is 69.3 Å². The molecular formula is C26H34INO2. The summed E-state index contributed by atoms with van der Waals surface area (Å²) in [7, 11) is 0. The minimum atomic E-state index is -0.743. The summed E-state index contributed by atoms with van der Waals surface area (Å²) in [6.07, 6.45) is 4.22. The van der Waals surface area contributed by atoms with Crippen molar-refractivity contribution in [2.24, 2.45) is 5.41 Å². The SMILES string of the molecule is CC(C)c1nc2c(c(I)c1[C@H](O)c1ccc(C(C)(C)C)cc1)[C@@H](O)CC1(CCC1)C2. The molecule has 1 aromatic heterocycles. The van der Waals surface area contributed by atoms with E-state index in [4.69, 9.17) is 4.98 Å². The zero-order chi connectivity index (χ0) is 21.8. The highest BCUT2D eigenvalue weighted by Crippen LogP contribution is 2.54. The highest BCUT2D eigenvalue weighted by atomic mass is 127. The Labute approximate surface area is 194 Å². The van der Waals surface area contributed by atoms with Crippen molar-refractivity contribution < 1.29 is 10.2 Å². The molecule has 0 saturated heterocycles. The second kappa shape index (κ2) is 7.86. The first kappa shape index (κ1) is 22.2. The minimum absolute atomic E-state index is 0.0793. The Hall–Kier alpha value is -0.980. The fraction of sp³-hybridized carbons (Fsp3) is 0.577. The molecule has 0 unspecified atom stereocenters. The third kappa shape index (κ3) is 3.84. The molecule has 0 radical (unpaired) electrons. The third-order valence-electron chi connectivity index (χ3n) is 7.14. The average molecular weight is 519 g/mol. The van der Waals surface area contributed by atoms with Gasteiger partial charge in [-0.15, -0.1) is 0 Å². The van der Waals surface area contributed by atoms with Gasteiger partial charge >= 0.3 is 0 Å². The summed E-state index contributed by atoms with van der Waals surface area (Å²) in [4.78, 5) is 5.08. The van der Waals surface area contributed by atoms with Crippen LogP contribution in [0.3, 0.4) is 0 Å². The zero-order valence-electron chi connectivity index (χ0n) is 18.8. The van der Waals surface area contributed by atoms with E-state index in [1.165, 1.54) is 24.8 Å². The Morgan fingerprint density at radius 3 is 2.27 bits per heavy atom. The second-order valence-electron chi connectivity index (χ2n) is 10.8. The van der Waals surface area contributed by atoms with Crippen LogP contribution in [-0.4, -0.2) is 15.2 Å². The van der Waals surface area contributed by atoms with Crippen LogP contribution < -0.4 is 0 Å². The van der Waals surface area contributed by atoms with Crippen molar-refractivity contribution >= 4 is 22.6 Å². The van der Waals surface area contributed by atoms with Crippen LogP contribution in [0.25, 0.3) is 0 Å². The van der Waals surface area contributed by atoms with Crippen LogP contribution in [0.5, 0.6) is 0 Å². The molecule has 2 atom stereocenters. The Morgan fingerprint density at radius 2 is 1.77 bits per heavy atom. The number of benzene rings is 1. The Morgan fingerprint density at radius 1 is 1.13 bits per heavy atom. The van der Waals surface area contributed by atoms with Gasteiger partial charge in [0, 0.05) is 20.4 Å². The molecule has 30 heavy (non-hydrogen) atoms. The molecule has 0 amide bonds. The Balaban J connectivity index is 1.78. The molecule has 2 N–H and O–H groups in total. The van der Waals surface area contributed by atoms with Crippen LogP contribution in [0, 0.1) is 8.99 Å². The molecule has 162 valence electrons. The van der Waals surface area contributed by atoms with Gasteiger partial charge in [-0.25, -0.2) is 0 Å². The van der Waals surface area contributed by atoms with Crippen molar-refractivity contribution in [1.82, 2.24) is 4.98 Å². The minimum Gasteiger partial charge on any atom is -0.388 e. The topological polar surface area (TPSA) is 53.4 Å². The summed E-state index contributed by atoms with van der Waals surface area (Å²) in [5.74, 6) is 0.207. The van der Waals surface area contributed by atoms with Crippen molar-refractivity contribution in [1.29, 1.82) is 0 Å². The van der Waals surface area contributed by atoms with Gasteiger partial charge in [0.1, 0.15) is 6.10 Å². The standard InChI is InChI=1S/C26H34INO2/c1-15(2)23-21(24(30)16-7-9-17(10-8-16)25(3,4)5)22(27)20-18(28-23)13-26(11-6-12-26)14-19(20)29/h7-10,15,19,24,29-30H,6,11-14H2,1-5H3/t19-,24+/m0/s1. The van der Waals surface area contributed by atoms with Gasteiger partial charge in [0.2, 0.25) is 0 Å². The van der Waals surface area contributed by atoms with E-state index in [0.29, 0.717) is 0 Å². The number of rotatable bonds is 3. The van der Waals surface area contributed by atoms with E-state index in [9.17, 15) is 10.2 Å². The number of aromatic nitrogens is 1. The van der Waals surface area contributed by atoms with Gasteiger partial charge in [-0.3, -0.25) is 4.98 Å². The maximum Gasteiger partial charge on any atom is 0.107 e. The monoisotopic (exact) mass is 519 g/mol. The first-order valence-corrected chi connectivity index (χ1v) is 12.3. The highest BCUT2D eigenvalue weighted by Gasteiger charge is 2.45. The lowest BCUT2D eigenvalue weighted by atomic mass is 9.59. The van der Waals surface area contributed by atoms with Gasteiger partial charge in [-0.05, 0) is 76.1 Å². The normalized spacial score (nSPS) is 21.4. The lowest BCUT2D eigenvalue weighted by Crippen LogP contribution is -2.38. The average Bonchev–Trinajstić information content (AvgIpc) is 2.64. The summed E-state index contributed by atoms with van der Waals surface area (Å²) in [6, 6.07) is 8.29. The van der Waals surface area contributed by atoms with Crippen LogP contribution in [0.2, 0.25) is 0 Å². The second-order valence-corrected chi connectivity index (χ2v) is 11.8. The molecule has 4 heteroatoms. The number of aliphatic hydroxyl groups is 2. The molecule has 1 heterocycles. The highest BCUT2D eigenvalue weighted by molar-refractivity contribution is 14.1. The predicted octanol–water partition coefficient (Wildman–Crippen LogP) is 6.34. The number of hydrogen-bond donors (Lipinski definition) is 2. The van der Waals surface area contributed by atoms with Gasteiger partial charge in [-0.1, -0.05) is 65.3 Å². The third-order valence-corrected chi connectivity index (χ3v) is 8.31. The Kier molecular flexibility index (Phi) is 5.82. The van der Waals surface area contributed by atoms with Crippen molar-refractivity contribution in [3.63, 3.8) is 0 Å². The molecule has 1 fully saturated rings. The van der Waals surface area contributed by atoms with Crippen LogP contribution in [0.1, 0.15) is 112 Å². The molecule has 2 aliphatic rings. The van der Waals surface area contributed by atoms with E-state index >= 15 is 0 Å². The molecule has 4 rings (SSSR count). The van der Waals surface area contributed by atoms with Gasteiger partial charge in [0.15, 0.2) is 0 Å². The van der Waals surface area contributed by atoms with Gasteiger partial charge in [-0.2, -0.15) is 0 Å². The number of aliphatic hydroxyl groups excluding tert-OH is 2. The largest absolute Gasteiger partial charge is 0.388 e. The van der Waals surface area contributed by atoms with Crippen LogP contribution in [0.4, 0.5) is 0 Å². The summed E-state index contributed by atoms with van der Waals surface area (Å²) in [5.41, 5.74) is 6.31. The van der Waals surface area contributed by atoms with Crippen LogP contribution >= 0.6 is 22.6 Å². The van der Waals surface area contributed by atoms with E-state index in [0.717, 1.165) is 44.5 Å². The maximum absolute atomic E-state index is 11.4. The molecule has 0 bridgehead atoms. The van der Waals surface area contributed by atoms with Gasteiger partial charge in [0.05, 0.1) is 11.8 Å². The first-order valence-electron chi connectivity index (χ1n) is 11.2. The van der Waals surface area contributed by atoms with E-state index in [1.807, 2.05) is 12.1 Å². The molecule has 3 nitrogen and oxygen atoms in total. The quantitative estimate of drug-likeness (QED) is 0.466. The fourth-order valence-electron chi connectivity index (χ4n) is 5.15. The smallest absolute Gasteiger partial charge is 0.107 e. The number of pyridine rings is 1. The fourth-order valence-corrected chi connectivity index (χ4v) is 6.40. The summed E-state index contributed by atoms with van der Waals surface area (Å²) < 4.78 is 0.996. The summed E-state index contributed by atoms with van der Waals surface area (Å²) >= 11 is 2.34. The van der Waals surface area contributed by atoms with Gasteiger partial charge in [0.25, 0.3) is 0 Å². The zero-order valence-corrected chi connectivity index (χ0v) is 21.0. The van der Waals surface area contributed by atoms with Gasteiger partial charge < -0.3 is 10.2 Å². The molecule has 0 aliphatic heterocycles. The van der Waals surface area contributed by atoms with Crippen molar-refractivity contribution in [2.45, 2.75) is 90.3 Å². The number of halogens is 1.